The van der Waals surface area contributed by atoms with E-state index in [9.17, 15) is 5.26 Å². The number of hydrogen-bond acceptors (Lipinski definition) is 3. The topological polar surface area (TPSA) is 36.3 Å². The van der Waals surface area contributed by atoms with Crippen LogP contribution in [0.5, 0.6) is 0 Å². The summed E-state index contributed by atoms with van der Waals surface area (Å²) in [6, 6.07) is 11.1. The Bertz CT molecular complexity index is 472. The fourth-order valence-corrected chi connectivity index (χ4v) is 3.07. The summed E-state index contributed by atoms with van der Waals surface area (Å²) < 4.78 is 5.41. The first kappa shape index (κ1) is 11.7. The number of hydrogen-bond donors (Lipinski definition) is 0. The summed E-state index contributed by atoms with van der Waals surface area (Å²) in [7, 11) is 0. The molecule has 0 bridgehead atoms. The molecule has 94 valence electrons. The molecular formula is C15H18N2O. The molecule has 2 heterocycles. The maximum absolute atomic E-state index is 9.59. The van der Waals surface area contributed by atoms with Gasteiger partial charge in [0.1, 0.15) is 5.54 Å². The molecule has 0 atom stereocenters. The Kier molecular flexibility index (Phi) is 3.07. The predicted octanol–water partition coefficient (Wildman–Crippen LogP) is 2.12. The van der Waals surface area contributed by atoms with Crippen molar-refractivity contribution in [1.82, 2.24) is 4.90 Å². The van der Waals surface area contributed by atoms with E-state index in [0.717, 1.165) is 32.4 Å². The van der Waals surface area contributed by atoms with Crippen molar-refractivity contribution >= 4 is 0 Å². The van der Waals surface area contributed by atoms with Gasteiger partial charge < -0.3 is 4.74 Å². The number of nitrogens with zero attached hydrogens (tertiary/aromatic N) is 2. The third-order valence-corrected chi connectivity index (χ3v) is 4.26. The van der Waals surface area contributed by atoms with Crippen LogP contribution in [0.1, 0.15) is 24.0 Å². The quantitative estimate of drug-likeness (QED) is 0.757. The van der Waals surface area contributed by atoms with Crippen LogP contribution in [0.2, 0.25) is 0 Å². The molecule has 2 aliphatic heterocycles. The van der Waals surface area contributed by atoms with Crippen LogP contribution < -0.4 is 0 Å². The summed E-state index contributed by atoms with van der Waals surface area (Å²) in [5.74, 6) is 0. The molecule has 2 aliphatic rings. The minimum atomic E-state index is -0.300. The molecule has 0 N–H and O–H groups in total. The lowest BCUT2D eigenvalue weighted by atomic mass is 9.86. The Balaban J connectivity index is 1.84. The lowest BCUT2D eigenvalue weighted by Gasteiger charge is -2.43. The number of rotatable bonds is 1. The summed E-state index contributed by atoms with van der Waals surface area (Å²) in [5, 5.41) is 9.59. The Labute approximate surface area is 108 Å². The van der Waals surface area contributed by atoms with Crippen molar-refractivity contribution < 1.29 is 4.74 Å². The molecule has 0 spiro atoms. The summed E-state index contributed by atoms with van der Waals surface area (Å²) in [6.07, 6.45) is 2.73. The van der Waals surface area contributed by atoms with Crippen LogP contribution in [-0.4, -0.2) is 30.2 Å². The Morgan fingerprint density at radius 3 is 2.61 bits per heavy atom. The van der Waals surface area contributed by atoms with Crippen molar-refractivity contribution in [2.75, 3.05) is 19.8 Å². The van der Waals surface area contributed by atoms with Gasteiger partial charge in [-0.25, -0.2) is 0 Å². The van der Waals surface area contributed by atoms with Gasteiger partial charge >= 0.3 is 0 Å². The largest absolute Gasteiger partial charge is 0.381 e. The van der Waals surface area contributed by atoms with Gasteiger partial charge in [-0.15, -0.1) is 0 Å². The average Bonchev–Trinajstić information content (AvgIpc) is 2.47. The van der Waals surface area contributed by atoms with E-state index in [1.807, 2.05) is 0 Å². The number of nitriles is 1. The fourth-order valence-electron chi connectivity index (χ4n) is 3.07. The SMILES string of the molecule is N#CC1(N2CCc3ccccc3C2)CCOCC1. The molecule has 3 heteroatoms. The van der Waals surface area contributed by atoms with Crippen LogP contribution in [0, 0.1) is 11.3 Å². The summed E-state index contributed by atoms with van der Waals surface area (Å²) >= 11 is 0. The predicted molar refractivity (Wildman–Crippen MR) is 69.0 cm³/mol. The summed E-state index contributed by atoms with van der Waals surface area (Å²) in [5.41, 5.74) is 2.52. The van der Waals surface area contributed by atoms with E-state index in [0.29, 0.717) is 13.2 Å². The summed E-state index contributed by atoms with van der Waals surface area (Å²) in [6.45, 7) is 3.33. The molecule has 0 unspecified atom stereocenters. The van der Waals surface area contributed by atoms with Crippen molar-refractivity contribution in [1.29, 1.82) is 5.26 Å². The Hall–Kier alpha value is -1.37. The standard InChI is InChI=1S/C15H18N2O/c16-12-15(6-9-18-10-7-15)17-8-5-13-3-1-2-4-14(13)11-17/h1-4H,5-11H2. The zero-order chi connectivity index (χ0) is 12.4. The van der Waals surface area contributed by atoms with Crippen LogP contribution in [0.25, 0.3) is 0 Å². The van der Waals surface area contributed by atoms with Gasteiger partial charge in [0.05, 0.1) is 6.07 Å². The second kappa shape index (κ2) is 4.72. The molecule has 0 aromatic heterocycles. The van der Waals surface area contributed by atoms with Gasteiger partial charge in [-0.3, -0.25) is 4.90 Å². The van der Waals surface area contributed by atoms with Crippen LogP contribution in [0.4, 0.5) is 0 Å². The first-order chi connectivity index (χ1) is 8.84. The lowest BCUT2D eigenvalue weighted by molar-refractivity contribution is -0.00535. The van der Waals surface area contributed by atoms with E-state index in [1.54, 1.807) is 0 Å². The zero-order valence-electron chi connectivity index (χ0n) is 10.6. The van der Waals surface area contributed by atoms with Crippen molar-refractivity contribution in [3.63, 3.8) is 0 Å². The van der Waals surface area contributed by atoms with Gasteiger partial charge in [-0.2, -0.15) is 5.26 Å². The Morgan fingerprint density at radius 2 is 1.89 bits per heavy atom. The molecule has 1 aromatic carbocycles. The highest BCUT2D eigenvalue weighted by Gasteiger charge is 2.39. The Morgan fingerprint density at radius 1 is 1.17 bits per heavy atom. The minimum absolute atomic E-state index is 0.300. The third kappa shape index (κ3) is 1.92. The maximum Gasteiger partial charge on any atom is 0.113 e. The molecular weight excluding hydrogens is 224 g/mol. The van der Waals surface area contributed by atoms with Crippen LogP contribution >= 0.6 is 0 Å². The van der Waals surface area contributed by atoms with Gasteiger partial charge in [0.25, 0.3) is 0 Å². The molecule has 1 saturated heterocycles. The van der Waals surface area contributed by atoms with Gasteiger partial charge in [-0.1, -0.05) is 24.3 Å². The maximum atomic E-state index is 9.59. The minimum Gasteiger partial charge on any atom is -0.381 e. The van der Waals surface area contributed by atoms with E-state index >= 15 is 0 Å². The second-order valence-electron chi connectivity index (χ2n) is 5.20. The van der Waals surface area contributed by atoms with Crippen LogP contribution in [-0.2, 0) is 17.7 Å². The highest BCUT2D eigenvalue weighted by atomic mass is 16.5. The van der Waals surface area contributed by atoms with Gasteiger partial charge in [-0.05, 0) is 17.5 Å². The molecule has 3 nitrogen and oxygen atoms in total. The van der Waals surface area contributed by atoms with Crippen molar-refractivity contribution in [3.05, 3.63) is 35.4 Å². The smallest absolute Gasteiger partial charge is 0.113 e. The molecule has 0 aliphatic carbocycles. The van der Waals surface area contributed by atoms with E-state index in [-0.39, 0.29) is 5.54 Å². The molecule has 1 fully saturated rings. The average molecular weight is 242 g/mol. The highest BCUT2D eigenvalue weighted by molar-refractivity contribution is 5.30. The van der Waals surface area contributed by atoms with Crippen molar-refractivity contribution in [2.45, 2.75) is 31.3 Å². The zero-order valence-corrected chi connectivity index (χ0v) is 10.6. The second-order valence-corrected chi connectivity index (χ2v) is 5.20. The molecule has 0 saturated carbocycles. The van der Waals surface area contributed by atoms with Crippen LogP contribution in [0.15, 0.2) is 24.3 Å². The molecule has 0 amide bonds. The van der Waals surface area contributed by atoms with E-state index in [4.69, 9.17) is 4.74 Å². The normalized spacial score (nSPS) is 23.1. The van der Waals surface area contributed by atoms with Gasteiger partial charge in [0.15, 0.2) is 0 Å². The number of fused-ring (bicyclic) bond motifs is 1. The summed E-state index contributed by atoms with van der Waals surface area (Å²) in [4.78, 5) is 2.36. The molecule has 0 radical (unpaired) electrons. The lowest BCUT2D eigenvalue weighted by Crippen LogP contribution is -2.52. The van der Waals surface area contributed by atoms with E-state index < -0.39 is 0 Å². The monoisotopic (exact) mass is 242 g/mol. The van der Waals surface area contributed by atoms with Crippen LogP contribution in [0.3, 0.4) is 0 Å². The van der Waals surface area contributed by atoms with E-state index in [2.05, 4.69) is 35.2 Å². The third-order valence-electron chi connectivity index (χ3n) is 4.26. The number of benzene rings is 1. The fraction of sp³-hybridized carbons (Fsp3) is 0.533. The van der Waals surface area contributed by atoms with Gasteiger partial charge in [0, 0.05) is 39.1 Å². The van der Waals surface area contributed by atoms with E-state index in [1.165, 1.54) is 11.1 Å². The highest BCUT2D eigenvalue weighted by Crippen LogP contribution is 2.32. The van der Waals surface area contributed by atoms with Crippen molar-refractivity contribution in [3.8, 4) is 6.07 Å². The van der Waals surface area contributed by atoms with Crippen molar-refractivity contribution in [2.24, 2.45) is 0 Å². The molecule has 3 rings (SSSR count). The van der Waals surface area contributed by atoms with Gasteiger partial charge in [0.2, 0.25) is 0 Å². The first-order valence-electron chi connectivity index (χ1n) is 6.65. The molecule has 1 aromatic rings. The number of ether oxygens (including phenoxy) is 1. The molecule has 18 heavy (non-hydrogen) atoms. The first-order valence-corrected chi connectivity index (χ1v) is 6.65.